The normalized spacial score (nSPS) is 15.4. The number of nitrogens with one attached hydrogen (secondary N) is 1. The molecule has 1 aliphatic rings. The lowest BCUT2D eigenvalue weighted by Gasteiger charge is -2.32. The maximum atomic E-state index is 13.0. The summed E-state index contributed by atoms with van der Waals surface area (Å²) in [5, 5.41) is 3.08. The maximum absolute atomic E-state index is 13.0. The van der Waals surface area contributed by atoms with Gasteiger partial charge in [-0.25, -0.2) is 4.39 Å². The number of amides is 1. The highest BCUT2D eigenvalue weighted by molar-refractivity contribution is 5.76. The van der Waals surface area contributed by atoms with Crippen LogP contribution in [0.1, 0.15) is 24.1 Å². The summed E-state index contributed by atoms with van der Waals surface area (Å²) in [4.78, 5) is 26.5. The summed E-state index contributed by atoms with van der Waals surface area (Å²) in [6, 6.07) is 8.19. The van der Waals surface area contributed by atoms with Crippen LogP contribution in [0.25, 0.3) is 0 Å². The van der Waals surface area contributed by atoms with E-state index >= 15 is 0 Å². The number of pyridine rings is 1. The second-order valence-electron chi connectivity index (χ2n) is 7.22. The molecule has 0 unspecified atom stereocenters. The summed E-state index contributed by atoms with van der Waals surface area (Å²) in [6.45, 7) is 4.50. The topological polar surface area (TPSA) is 63.6 Å². The number of aryl methyl sites for hydroxylation is 1. The summed E-state index contributed by atoms with van der Waals surface area (Å²) in [7, 11) is 1.44. The van der Waals surface area contributed by atoms with Crippen molar-refractivity contribution in [3.63, 3.8) is 0 Å². The quantitative estimate of drug-likeness (QED) is 0.824. The molecule has 0 aliphatic carbocycles. The number of aromatic nitrogens is 1. The van der Waals surface area contributed by atoms with Crippen molar-refractivity contribution in [1.29, 1.82) is 0 Å². The van der Waals surface area contributed by atoms with Gasteiger partial charge in [-0.1, -0.05) is 12.1 Å². The van der Waals surface area contributed by atoms with Gasteiger partial charge in [0.25, 0.3) is 0 Å². The molecule has 0 atom stereocenters. The van der Waals surface area contributed by atoms with Gasteiger partial charge >= 0.3 is 0 Å². The summed E-state index contributed by atoms with van der Waals surface area (Å²) < 4.78 is 19.8. The Bertz CT molecular complexity index is 871. The first-order valence-electron chi connectivity index (χ1n) is 9.46. The van der Waals surface area contributed by atoms with Crippen molar-refractivity contribution >= 4 is 5.91 Å². The molecule has 150 valence electrons. The third-order valence-electron chi connectivity index (χ3n) is 5.11. The van der Waals surface area contributed by atoms with Gasteiger partial charge in [-0.05, 0) is 37.5 Å². The second-order valence-corrected chi connectivity index (χ2v) is 7.22. The summed E-state index contributed by atoms with van der Waals surface area (Å²) >= 11 is 0. The average Bonchev–Trinajstić information content (AvgIpc) is 2.67. The highest BCUT2D eigenvalue weighted by atomic mass is 19.1. The zero-order valence-corrected chi connectivity index (χ0v) is 16.3. The third kappa shape index (κ3) is 5.19. The fourth-order valence-electron chi connectivity index (χ4n) is 3.49. The van der Waals surface area contributed by atoms with E-state index in [2.05, 4.69) is 10.2 Å². The van der Waals surface area contributed by atoms with Gasteiger partial charge in [-0.2, -0.15) is 0 Å². The monoisotopic (exact) mass is 387 g/mol. The molecule has 2 heterocycles. The van der Waals surface area contributed by atoms with Crippen LogP contribution in [0.5, 0.6) is 5.75 Å². The highest BCUT2D eigenvalue weighted by Crippen LogP contribution is 2.14. The molecule has 0 saturated carbocycles. The minimum absolute atomic E-state index is 0.0780. The Balaban J connectivity index is 1.48. The van der Waals surface area contributed by atoms with E-state index in [1.807, 2.05) is 12.1 Å². The Morgan fingerprint density at radius 3 is 2.57 bits per heavy atom. The minimum Gasteiger partial charge on any atom is -0.491 e. The standard InChI is InChI=1S/C21H26FN3O3/c1-15-11-19(26)20(28-2)13-25(15)14-21(27)23-18-7-9-24(10-8-18)12-16-3-5-17(22)6-4-16/h3-6,11,13,18H,7-10,12,14H2,1-2H3,(H,23,27). The molecule has 2 aromatic rings. The molecule has 1 aromatic heterocycles. The fraction of sp³-hybridized carbons (Fsp3) is 0.429. The molecule has 3 rings (SSSR count). The van der Waals surface area contributed by atoms with Gasteiger partial charge in [-0.3, -0.25) is 14.5 Å². The van der Waals surface area contributed by atoms with E-state index < -0.39 is 0 Å². The van der Waals surface area contributed by atoms with Crippen LogP contribution >= 0.6 is 0 Å². The first-order valence-corrected chi connectivity index (χ1v) is 9.46. The van der Waals surface area contributed by atoms with E-state index in [1.165, 1.54) is 25.3 Å². The minimum atomic E-state index is -0.221. The lowest BCUT2D eigenvalue weighted by molar-refractivity contribution is -0.122. The number of hydrogen-bond donors (Lipinski definition) is 1. The molecular formula is C21H26FN3O3. The predicted molar refractivity (Wildman–Crippen MR) is 105 cm³/mol. The SMILES string of the molecule is COc1cn(CC(=O)NC2CCN(Cc3ccc(F)cc3)CC2)c(C)cc1=O. The van der Waals surface area contributed by atoms with Gasteiger partial charge in [0.15, 0.2) is 5.75 Å². The average molecular weight is 387 g/mol. The number of nitrogens with zero attached hydrogens (tertiary/aromatic N) is 2. The number of piperidine rings is 1. The zero-order chi connectivity index (χ0) is 20.1. The molecule has 0 spiro atoms. The van der Waals surface area contributed by atoms with Crippen LogP contribution in [0.3, 0.4) is 0 Å². The van der Waals surface area contributed by atoms with Crippen molar-refractivity contribution in [2.45, 2.75) is 38.9 Å². The van der Waals surface area contributed by atoms with E-state index in [0.717, 1.165) is 43.7 Å². The maximum Gasteiger partial charge on any atom is 0.240 e. The Hall–Kier alpha value is -2.67. The summed E-state index contributed by atoms with van der Waals surface area (Å²) in [6.07, 6.45) is 3.32. The molecule has 1 N–H and O–H groups in total. The summed E-state index contributed by atoms with van der Waals surface area (Å²) in [5.41, 5.74) is 1.62. The lowest BCUT2D eigenvalue weighted by Crippen LogP contribution is -2.45. The van der Waals surface area contributed by atoms with Crippen molar-refractivity contribution < 1.29 is 13.9 Å². The molecule has 1 aliphatic heterocycles. The lowest BCUT2D eigenvalue weighted by atomic mass is 10.0. The molecule has 7 heteroatoms. The van der Waals surface area contributed by atoms with E-state index in [0.29, 0.717) is 0 Å². The molecule has 28 heavy (non-hydrogen) atoms. The van der Waals surface area contributed by atoms with Crippen molar-refractivity contribution in [1.82, 2.24) is 14.8 Å². The first kappa shape index (κ1) is 20.1. The van der Waals surface area contributed by atoms with Crippen molar-refractivity contribution in [3.8, 4) is 5.75 Å². The largest absolute Gasteiger partial charge is 0.491 e. The number of carbonyl (C=O) groups is 1. The predicted octanol–water partition coefficient (Wildman–Crippen LogP) is 2.09. The molecule has 0 radical (unpaired) electrons. The summed E-state index contributed by atoms with van der Waals surface area (Å²) in [5.74, 6) is -0.0703. The Morgan fingerprint density at radius 1 is 1.25 bits per heavy atom. The third-order valence-corrected chi connectivity index (χ3v) is 5.11. The van der Waals surface area contributed by atoms with Crippen LogP contribution in [0.2, 0.25) is 0 Å². The number of likely N-dealkylation sites (tertiary alicyclic amines) is 1. The highest BCUT2D eigenvalue weighted by Gasteiger charge is 2.21. The number of methoxy groups -OCH3 is 1. The smallest absolute Gasteiger partial charge is 0.240 e. The van der Waals surface area contributed by atoms with Gasteiger partial charge in [0.1, 0.15) is 12.4 Å². The van der Waals surface area contributed by atoms with Crippen molar-refractivity contribution in [2.24, 2.45) is 0 Å². The van der Waals surface area contributed by atoms with E-state index in [1.54, 1.807) is 17.7 Å². The number of ether oxygens (including phenoxy) is 1. The van der Waals surface area contributed by atoms with Crippen LogP contribution in [0, 0.1) is 12.7 Å². The van der Waals surface area contributed by atoms with Crippen LogP contribution in [-0.4, -0.2) is 41.6 Å². The van der Waals surface area contributed by atoms with Crippen LogP contribution in [0.4, 0.5) is 4.39 Å². The second kappa shape index (κ2) is 9.01. The molecule has 1 aromatic carbocycles. The number of rotatable bonds is 6. The van der Waals surface area contributed by atoms with Gasteiger partial charge in [0, 0.05) is 37.4 Å². The van der Waals surface area contributed by atoms with Gasteiger partial charge in [0.2, 0.25) is 11.3 Å². The molecule has 1 fully saturated rings. The Morgan fingerprint density at radius 2 is 1.93 bits per heavy atom. The molecule has 0 bridgehead atoms. The number of carbonyl (C=O) groups excluding carboxylic acids is 1. The van der Waals surface area contributed by atoms with Crippen molar-refractivity contribution in [2.75, 3.05) is 20.2 Å². The van der Waals surface area contributed by atoms with Crippen LogP contribution in [-0.2, 0) is 17.9 Å². The van der Waals surface area contributed by atoms with Crippen LogP contribution in [0.15, 0.2) is 41.3 Å². The van der Waals surface area contributed by atoms with Crippen molar-refractivity contribution in [3.05, 3.63) is 63.8 Å². The Kier molecular flexibility index (Phi) is 6.46. The molecule has 1 amide bonds. The van der Waals surface area contributed by atoms with Gasteiger partial charge < -0.3 is 14.6 Å². The Labute approximate surface area is 163 Å². The number of benzene rings is 1. The van der Waals surface area contributed by atoms with Gasteiger partial charge in [-0.15, -0.1) is 0 Å². The van der Waals surface area contributed by atoms with E-state index in [9.17, 15) is 14.0 Å². The zero-order valence-electron chi connectivity index (χ0n) is 16.3. The number of hydrogen-bond acceptors (Lipinski definition) is 4. The van der Waals surface area contributed by atoms with Crippen LogP contribution < -0.4 is 15.5 Å². The molecule has 1 saturated heterocycles. The first-order chi connectivity index (χ1) is 13.4. The number of halogens is 1. The van der Waals surface area contributed by atoms with E-state index in [4.69, 9.17) is 4.74 Å². The van der Waals surface area contributed by atoms with Gasteiger partial charge in [0.05, 0.1) is 13.3 Å². The van der Waals surface area contributed by atoms with E-state index in [-0.39, 0.29) is 35.5 Å². The molecular weight excluding hydrogens is 361 g/mol. The molecule has 6 nitrogen and oxygen atoms in total. The fourth-order valence-corrected chi connectivity index (χ4v) is 3.49.